The number of piperidine rings is 1. The number of aliphatic hydroxyl groups is 1. The summed E-state index contributed by atoms with van der Waals surface area (Å²) in [6.07, 6.45) is 9.68. The molecular formula is C26H44Br2N2O3. The molecule has 0 amide bonds. The maximum absolute atomic E-state index is 12.8. The predicted octanol–water partition coefficient (Wildman–Crippen LogP) is -2.28. The standard InChI is InChI=1S/C26H44N2O3.2BrH/c1-27(2,3)16-10-5-6-11-17-28(4)22-14-15-23(28)19-24(18-22)31-26(30)25(20-29)21-12-8-7-9-13-21;;/h7-9,12-13,22-25,29H,5-6,10-11,14-20H2,1-4H3;2*1H/q+2;;/p-2/t22-,23-,24?,25?,28?;;/m1../s1. The van der Waals surface area contributed by atoms with Crippen LogP contribution in [0.3, 0.4) is 0 Å². The lowest BCUT2D eigenvalue weighted by molar-refractivity contribution is -0.949. The third kappa shape index (κ3) is 8.31. The number of nitrogens with zero attached hydrogens (tertiary/aromatic N) is 2. The molecule has 3 atom stereocenters. The van der Waals surface area contributed by atoms with Crippen molar-refractivity contribution in [3.05, 3.63) is 35.9 Å². The molecule has 0 aromatic heterocycles. The highest BCUT2D eigenvalue weighted by molar-refractivity contribution is 5.78. The summed E-state index contributed by atoms with van der Waals surface area (Å²) in [6.45, 7) is 2.30. The molecule has 0 aliphatic carbocycles. The summed E-state index contributed by atoms with van der Waals surface area (Å²) in [4.78, 5) is 12.8. The lowest BCUT2D eigenvalue weighted by atomic mass is 9.95. The maximum Gasteiger partial charge on any atom is 0.316 e. The van der Waals surface area contributed by atoms with Crippen LogP contribution in [-0.2, 0) is 9.53 Å². The van der Waals surface area contributed by atoms with Gasteiger partial charge in [0.1, 0.15) is 12.0 Å². The number of halogens is 2. The topological polar surface area (TPSA) is 46.5 Å². The van der Waals surface area contributed by atoms with Crippen LogP contribution < -0.4 is 34.0 Å². The molecule has 2 heterocycles. The summed E-state index contributed by atoms with van der Waals surface area (Å²) in [6, 6.07) is 10.7. The Kier molecular flexibility index (Phi) is 12.6. The Hall–Kier alpha value is -0.470. The van der Waals surface area contributed by atoms with E-state index in [0.29, 0.717) is 12.1 Å². The van der Waals surface area contributed by atoms with Crippen molar-refractivity contribution in [3.8, 4) is 0 Å². The van der Waals surface area contributed by atoms with Crippen LogP contribution in [0.1, 0.15) is 62.8 Å². The molecule has 3 rings (SSSR count). The zero-order chi connectivity index (χ0) is 22.5. The van der Waals surface area contributed by atoms with Crippen LogP contribution in [0.25, 0.3) is 0 Å². The van der Waals surface area contributed by atoms with E-state index < -0.39 is 5.92 Å². The number of benzene rings is 1. The van der Waals surface area contributed by atoms with E-state index in [1.807, 2.05) is 30.3 Å². The van der Waals surface area contributed by atoms with Crippen molar-refractivity contribution in [3.63, 3.8) is 0 Å². The summed E-state index contributed by atoms with van der Waals surface area (Å²) in [5.74, 6) is -0.847. The number of esters is 1. The Labute approximate surface area is 222 Å². The molecule has 2 aliphatic heterocycles. The minimum atomic E-state index is -0.576. The summed E-state index contributed by atoms with van der Waals surface area (Å²) < 4.78 is 8.18. The number of hydrogen-bond donors (Lipinski definition) is 1. The number of quaternary nitrogens is 2. The first-order valence-corrected chi connectivity index (χ1v) is 12.2. The van der Waals surface area contributed by atoms with Gasteiger partial charge in [0.15, 0.2) is 0 Å². The third-order valence-corrected chi connectivity index (χ3v) is 7.74. The van der Waals surface area contributed by atoms with Crippen LogP contribution in [-0.4, -0.2) is 86.1 Å². The van der Waals surface area contributed by atoms with Gasteiger partial charge in [-0.3, -0.25) is 4.79 Å². The quantitative estimate of drug-likeness (QED) is 0.179. The zero-order valence-electron chi connectivity index (χ0n) is 20.9. The lowest BCUT2D eigenvalue weighted by Crippen LogP contribution is -3.00. The molecule has 5 nitrogen and oxygen atoms in total. The number of carbonyl (C=O) groups excluding carboxylic acids is 1. The molecule has 0 spiro atoms. The lowest BCUT2D eigenvalue weighted by Gasteiger charge is -2.47. The minimum absolute atomic E-state index is 0. The van der Waals surface area contributed by atoms with E-state index in [2.05, 4.69) is 28.2 Å². The molecule has 2 bridgehead atoms. The fraction of sp³-hybridized carbons (Fsp3) is 0.731. The molecular weight excluding hydrogens is 548 g/mol. The number of aliphatic hydroxyl groups excluding tert-OH is 1. The van der Waals surface area contributed by atoms with E-state index in [1.54, 1.807) is 0 Å². The highest BCUT2D eigenvalue weighted by atomic mass is 79.9. The maximum atomic E-state index is 12.8. The molecule has 7 heteroatoms. The highest BCUT2D eigenvalue weighted by Crippen LogP contribution is 2.42. The van der Waals surface area contributed by atoms with Crippen molar-refractivity contribution in [1.29, 1.82) is 0 Å². The fourth-order valence-electron chi connectivity index (χ4n) is 5.79. The van der Waals surface area contributed by atoms with E-state index in [0.717, 1.165) is 22.9 Å². The van der Waals surface area contributed by atoms with Crippen LogP contribution in [0.2, 0.25) is 0 Å². The van der Waals surface area contributed by atoms with Gasteiger partial charge in [-0.15, -0.1) is 0 Å². The largest absolute Gasteiger partial charge is 1.00 e. The number of ether oxygens (including phenoxy) is 1. The van der Waals surface area contributed by atoms with Gasteiger partial charge in [0.05, 0.1) is 60.0 Å². The number of fused-ring (bicyclic) bond motifs is 2. The van der Waals surface area contributed by atoms with E-state index >= 15 is 0 Å². The van der Waals surface area contributed by atoms with Gasteiger partial charge in [0.2, 0.25) is 0 Å². The van der Waals surface area contributed by atoms with Crippen LogP contribution in [0.15, 0.2) is 30.3 Å². The second kappa shape index (κ2) is 13.6. The van der Waals surface area contributed by atoms with Gasteiger partial charge in [-0.1, -0.05) is 30.3 Å². The number of hydrogen-bond acceptors (Lipinski definition) is 3. The van der Waals surface area contributed by atoms with E-state index in [9.17, 15) is 9.90 Å². The molecule has 33 heavy (non-hydrogen) atoms. The van der Waals surface area contributed by atoms with Gasteiger partial charge in [0, 0.05) is 25.7 Å². The van der Waals surface area contributed by atoms with Crippen molar-refractivity contribution in [2.75, 3.05) is 47.9 Å². The Balaban J connectivity index is 0.00000272. The SMILES string of the molecule is C[N+](C)(C)CCCCCC[N+]1(C)[C@@H]2CC[C@@H]1CC(OC(=O)C(CO)c1ccccc1)C2.[Br-].[Br-]. The monoisotopic (exact) mass is 590 g/mol. The Morgan fingerprint density at radius 1 is 1.03 bits per heavy atom. The van der Waals surface area contributed by atoms with Crippen LogP contribution in [0.5, 0.6) is 0 Å². The summed E-state index contributed by atoms with van der Waals surface area (Å²) in [5.41, 5.74) is 0.833. The average Bonchev–Trinajstić information content (AvgIpc) is 2.88. The molecule has 190 valence electrons. The molecule has 0 saturated carbocycles. The van der Waals surface area contributed by atoms with Crippen LogP contribution >= 0.6 is 0 Å². The molecule has 1 N–H and O–H groups in total. The van der Waals surface area contributed by atoms with E-state index in [4.69, 9.17) is 4.74 Å². The second-order valence-electron chi connectivity index (χ2n) is 11.1. The number of carbonyl (C=O) groups is 1. The Morgan fingerprint density at radius 3 is 2.15 bits per heavy atom. The summed E-state index contributed by atoms with van der Waals surface area (Å²) >= 11 is 0. The summed E-state index contributed by atoms with van der Waals surface area (Å²) in [5, 5.41) is 9.78. The average molecular weight is 592 g/mol. The smallest absolute Gasteiger partial charge is 0.316 e. The fourth-order valence-corrected chi connectivity index (χ4v) is 5.79. The van der Waals surface area contributed by atoms with Crippen LogP contribution in [0.4, 0.5) is 0 Å². The van der Waals surface area contributed by atoms with Gasteiger partial charge in [-0.25, -0.2) is 0 Å². The van der Waals surface area contributed by atoms with Crippen molar-refractivity contribution in [2.45, 2.75) is 75.5 Å². The predicted molar refractivity (Wildman–Crippen MR) is 125 cm³/mol. The van der Waals surface area contributed by atoms with Crippen molar-refractivity contribution in [1.82, 2.24) is 0 Å². The number of rotatable bonds is 11. The van der Waals surface area contributed by atoms with E-state index in [1.165, 1.54) is 56.1 Å². The Morgan fingerprint density at radius 2 is 1.61 bits per heavy atom. The normalized spacial score (nSPS) is 27.2. The van der Waals surface area contributed by atoms with Crippen LogP contribution in [0, 0.1) is 0 Å². The van der Waals surface area contributed by atoms with Crippen molar-refractivity contribution >= 4 is 5.97 Å². The first kappa shape index (κ1) is 30.6. The van der Waals surface area contributed by atoms with Gasteiger partial charge in [-0.2, -0.15) is 0 Å². The second-order valence-corrected chi connectivity index (χ2v) is 11.1. The molecule has 1 aromatic rings. The van der Waals surface area contributed by atoms with Gasteiger partial charge in [0.25, 0.3) is 0 Å². The minimum Gasteiger partial charge on any atom is -1.00 e. The molecule has 2 fully saturated rings. The molecule has 2 aliphatic rings. The molecule has 1 aromatic carbocycles. The molecule has 1 unspecified atom stereocenters. The molecule has 2 saturated heterocycles. The zero-order valence-corrected chi connectivity index (χ0v) is 24.1. The summed E-state index contributed by atoms with van der Waals surface area (Å²) in [7, 11) is 9.24. The third-order valence-electron chi connectivity index (χ3n) is 7.74. The van der Waals surface area contributed by atoms with Crippen molar-refractivity contribution < 1.29 is 57.6 Å². The first-order chi connectivity index (χ1) is 14.7. The molecule has 0 radical (unpaired) electrons. The van der Waals surface area contributed by atoms with Gasteiger partial charge < -0.3 is 52.8 Å². The highest BCUT2D eigenvalue weighted by Gasteiger charge is 2.52. The van der Waals surface area contributed by atoms with Gasteiger partial charge in [-0.05, 0) is 31.2 Å². The first-order valence-electron chi connectivity index (χ1n) is 12.2. The van der Waals surface area contributed by atoms with E-state index in [-0.39, 0.29) is 52.6 Å². The number of unbranched alkanes of at least 4 members (excludes halogenated alkanes) is 3. The van der Waals surface area contributed by atoms with Crippen molar-refractivity contribution in [2.24, 2.45) is 0 Å². The van der Waals surface area contributed by atoms with Gasteiger partial charge >= 0.3 is 5.97 Å². The Bertz CT molecular complexity index is 697.